The molecule has 0 aromatic carbocycles. The lowest BCUT2D eigenvalue weighted by Gasteiger charge is -2.31. The molecule has 3 N–H and O–H groups in total. The zero-order chi connectivity index (χ0) is 12.1. The Kier molecular flexibility index (Phi) is 4.41. The number of nitrogens with one attached hydrogen (secondary N) is 1. The number of hydrogen-bond donors (Lipinski definition) is 2. The third-order valence-corrected chi connectivity index (χ3v) is 3.50. The zero-order valence-corrected chi connectivity index (χ0v) is 10.4. The van der Waals surface area contributed by atoms with Crippen LogP contribution < -0.4 is 11.1 Å². The quantitative estimate of drug-likeness (QED) is 0.746. The molecule has 0 radical (unpaired) electrons. The van der Waals surface area contributed by atoms with Gasteiger partial charge < -0.3 is 11.1 Å². The lowest BCUT2D eigenvalue weighted by atomic mass is 10.1. The van der Waals surface area contributed by atoms with Crippen LogP contribution in [0.15, 0.2) is 5.38 Å². The van der Waals surface area contributed by atoms with Crippen molar-refractivity contribution in [3.05, 3.63) is 11.1 Å². The van der Waals surface area contributed by atoms with Crippen molar-refractivity contribution in [3.8, 4) is 0 Å². The smallest absolute Gasteiger partial charge is 0.231 e. The number of primary amides is 1. The van der Waals surface area contributed by atoms with Crippen LogP contribution in [-0.4, -0.2) is 46.1 Å². The second kappa shape index (κ2) is 6.04. The van der Waals surface area contributed by atoms with Gasteiger partial charge in [0.25, 0.3) is 0 Å². The second-order valence-corrected chi connectivity index (χ2v) is 4.90. The molecular formula is C10H17N5OS. The molecular weight excluding hydrogens is 238 g/mol. The molecule has 1 saturated heterocycles. The molecule has 1 aliphatic rings. The van der Waals surface area contributed by atoms with Gasteiger partial charge in [-0.1, -0.05) is 4.49 Å². The molecule has 2 rings (SSSR count). The largest absolute Gasteiger partial charge is 0.369 e. The molecule has 1 aliphatic heterocycles. The van der Waals surface area contributed by atoms with E-state index >= 15 is 0 Å². The fourth-order valence-electron chi connectivity index (χ4n) is 2.03. The molecule has 0 spiro atoms. The van der Waals surface area contributed by atoms with Gasteiger partial charge in [0, 0.05) is 31.1 Å². The van der Waals surface area contributed by atoms with Crippen molar-refractivity contribution in [2.75, 3.05) is 19.6 Å². The number of hydrogen-bond acceptors (Lipinski definition) is 6. The van der Waals surface area contributed by atoms with E-state index in [1.54, 1.807) is 0 Å². The number of rotatable bonds is 5. The predicted octanol–water partition coefficient (Wildman–Crippen LogP) is -0.423. The van der Waals surface area contributed by atoms with Crippen LogP contribution in [0.5, 0.6) is 0 Å². The van der Waals surface area contributed by atoms with Crippen LogP contribution in [0, 0.1) is 0 Å². The van der Waals surface area contributed by atoms with Gasteiger partial charge in [-0.05, 0) is 24.4 Å². The lowest BCUT2D eigenvalue weighted by molar-refractivity contribution is -0.119. The maximum absolute atomic E-state index is 10.8. The van der Waals surface area contributed by atoms with Crippen molar-refractivity contribution in [2.45, 2.75) is 25.4 Å². The summed E-state index contributed by atoms with van der Waals surface area (Å²) in [5.41, 5.74) is 6.17. The van der Waals surface area contributed by atoms with Gasteiger partial charge in [0.15, 0.2) is 0 Å². The van der Waals surface area contributed by atoms with E-state index in [1.807, 2.05) is 5.38 Å². The number of piperidine rings is 1. The molecule has 6 nitrogen and oxygen atoms in total. The number of carbonyl (C=O) groups is 1. The average Bonchev–Trinajstić information content (AvgIpc) is 2.80. The first-order valence-electron chi connectivity index (χ1n) is 5.74. The summed E-state index contributed by atoms with van der Waals surface area (Å²) in [7, 11) is 0. The number of amides is 1. The molecule has 2 heterocycles. The number of likely N-dealkylation sites (tertiary alicyclic amines) is 1. The molecule has 94 valence electrons. The van der Waals surface area contributed by atoms with Crippen molar-refractivity contribution in [1.82, 2.24) is 19.8 Å². The first kappa shape index (κ1) is 12.4. The highest BCUT2D eigenvalue weighted by molar-refractivity contribution is 7.03. The van der Waals surface area contributed by atoms with Crippen molar-refractivity contribution in [1.29, 1.82) is 0 Å². The fourth-order valence-corrected chi connectivity index (χ4v) is 2.48. The standard InChI is InChI=1S/C10H17N5OS/c11-10(16)6-15-3-1-8(2-4-15)12-5-9-7-17-14-13-9/h7-8,12H,1-6H2,(H2,11,16). The van der Waals surface area contributed by atoms with Gasteiger partial charge in [-0.2, -0.15) is 0 Å². The zero-order valence-electron chi connectivity index (χ0n) is 9.63. The molecule has 0 atom stereocenters. The Morgan fingerprint density at radius 3 is 2.94 bits per heavy atom. The first-order valence-corrected chi connectivity index (χ1v) is 6.57. The predicted molar refractivity (Wildman–Crippen MR) is 65.4 cm³/mol. The molecule has 1 aromatic heterocycles. The van der Waals surface area contributed by atoms with Gasteiger partial charge in [-0.25, -0.2) is 0 Å². The number of aromatic nitrogens is 2. The first-order chi connectivity index (χ1) is 8.24. The van der Waals surface area contributed by atoms with Crippen LogP contribution >= 0.6 is 11.5 Å². The summed E-state index contributed by atoms with van der Waals surface area (Å²) in [4.78, 5) is 12.9. The summed E-state index contributed by atoms with van der Waals surface area (Å²) in [5, 5.41) is 9.40. The van der Waals surface area contributed by atoms with Crippen molar-refractivity contribution >= 4 is 17.4 Å². The fraction of sp³-hybridized carbons (Fsp3) is 0.700. The third kappa shape index (κ3) is 4.03. The van der Waals surface area contributed by atoms with Gasteiger partial charge in [0.05, 0.1) is 12.2 Å². The Bertz CT molecular complexity index is 348. The highest BCUT2D eigenvalue weighted by Gasteiger charge is 2.19. The molecule has 17 heavy (non-hydrogen) atoms. The lowest BCUT2D eigenvalue weighted by Crippen LogP contribution is -2.45. The molecule has 0 aliphatic carbocycles. The normalized spacial score (nSPS) is 18.4. The Morgan fingerprint density at radius 2 is 2.35 bits per heavy atom. The number of nitrogens with two attached hydrogens (primary N) is 1. The minimum atomic E-state index is -0.245. The van der Waals surface area contributed by atoms with E-state index in [4.69, 9.17) is 5.73 Å². The van der Waals surface area contributed by atoms with Crippen LogP contribution in [0.25, 0.3) is 0 Å². The van der Waals surface area contributed by atoms with Crippen LogP contribution in [-0.2, 0) is 11.3 Å². The second-order valence-electron chi connectivity index (χ2n) is 4.29. The minimum Gasteiger partial charge on any atom is -0.369 e. The van der Waals surface area contributed by atoms with Crippen LogP contribution in [0.4, 0.5) is 0 Å². The van der Waals surface area contributed by atoms with E-state index < -0.39 is 0 Å². The van der Waals surface area contributed by atoms with Gasteiger partial charge in [-0.3, -0.25) is 9.69 Å². The van der Waals surface area contributed by atoms with Crippen LogP contribution in [0.3, 0.4) is 0 Å². The Balaban J connectivity index is 1.67. The maximum Gasteiger partial charge on any atom is 0.231 e. The third-order valence-electron chi connectivity index (χ3n) is 2.94. The van der Waals surface area contributed by atoms with Gasteiger partial charge in [0.2, 0.25) is 5.91 Å². The summed E-state index contributed by atoms with van der Waals surface area (Å²) in [6.07, 6.45) is 2.09. The monoisotopic (exact) mass is 255 g/mol. The SMILES string of the molecule is NC(=O)CN1CCC(NCc2csnn2)CC1. The Labute approximate surface area is 104 Å². The minimum absolute atomic E-state index is 0.245. The van der Waals surface area contributed by atoms with Gasteiger partial charge in [0.1, 0.15) is 0 Å². The van der Waals surface area contributed by atoms with Crippen molar-refractivity contribution in [3.63, 3.8) is 0 Å². The summed E-state index contributed by atoms with van der Waals surface area (Å²) in [6, 6.07) is 0.501. The molecule has 0 bridgehead atoms. The van der Waals surface area contributed by atoms with E-state index in [0.29, 0.717) is 12.6 Å². The summed E-state index contributed by atoms with van der Waals surface area (Å²) in [5.74, 6) is -0.245. The topological polar surface area (TPSA) is 84.1 Å². The van der Waals surface area contributed by atoms with Gasteiger partial charge >= 0.3 is 0 Å². The van der Waals surface area contributed by atoms with Crippen molar-refractivity contribution < 1.29 is 4.79 Å². The highest BCUT2D eigenvalue weighted by Crippen LogP contribution is 2.10. The summed E-state index contributed by atoms with van der Waals surface area (Å²) >= 11 is 1.37. The van der Waals surface area contributed by atoms with E-state index in [2.05, 4.69) is 19.8 Å². The van der Waals surface area contributed by atoms with E-state index in [-0.39, 0.29) is 5.91 Å². The van der Waals surface area contributed by atoms with E-state index in [9.17, 15) is 4.79 Å². The molecule has 1 aromatic rings. The number of carbonyl (C=O) groups excluding carboxylic acids is 1. The maximum atomic E-state index is 10.8. The van der Waals surface area contributed by atoms with Crippen molar-refractivity contribution in [2.24, 2.45) is 5.73 Å². The molecule has 0 unspecified atom stereocenters. The van der Waals surface area contributed by atoms with Gasteiger partial charge in [-0.15, -0.1) is 5.10 Å². The molecule has 1 amide bonds. The summed E-state index contributed by atoms with van der Waals surface area (Å²) in [6.45, 7) is 3.01. The molecule has 1 fully saturated rings. The Hall–Kier alpha value is -1.05. The van der Waals surface area contributed by atoms with Crippen LogP contribution in [0.1, 0.15) is 18.5 Å². The average molecular weight is 255 g/mol. The summed E-state index contributed by atoms with van der Waals surface area (Å²) < 4.78 is 3.82. The number of nitrogens with zero attached hydrogens (tertiary/aromatic N) is 3. The molecule has 7 heteroatoms. The van der Waals surface area contributed by atoms with E-state index in [0.717, 1.165) is 38.2 Å². The van der Waals surface area contributed by atoms with E-state index in [1.165, 1.54) is 11.5 Å². The van der Waals surface area contributed by atoms with Crippen LogP contribution in [0.2, 0.25) is 0 Å². The molecule has 0 saturated carbocycles. The highest BCUT2D eigenvalue weighted by atomic mass is 32.1. The Morgan fingerprint density at radius 1 is 1.59 bits per heavy atom.